The predicted octanol–water partition coefficient (Wildman–Crippen LogP) is 3.21. The van der Waals surface area contributed by atoms with E-state index in [1.165, 1.54) is 0 Å². The average Bonchev–Trinajstić information content (AvgIpc) is 2.10. The fourth-order valence-corrected chi connectivity index (χ4v) is 3.71. The molecule has 1 rings (SSSR count). The molecule has 0 N–H and O–H groups in total. The lowest BCUT2D eigenvalue weighted by Gasteiger charge is -2.43. The highest BCUT2D eigenvalue weighted by atomic mass is 127. The van der Waals surface area contributed by atoms with Gasteiger partial charge in [-0.2, -0.15) is 0 Å². The molecule has 0 saturated carbocycles. The lowest BCUT2D eigenvalue weighted by molar-refractivity contribution is -0.142. The van der Waals surface area contributed by atoms with Gasteiger partial charge in [0.1, 0.15) is 0 Å². The van der Waals surface area contributed by atoms with Crippen molar-refractivity contribution in [2.75, 3.05) is 6.54 Å². The molecule has 0 aliphatic carbocycles. The van der Waals surface area contributed by atoms with Gasteiger partial charge < -0.3 is 4.43 Å². The molecule has 0 aromatic heterocycles. The number of β-lactam (4-membered cyclic amide) rings is 1. The van der Waals surface area contributed by atoms with Gasteiger partial charge >= 0.3 is 0 Å². The first-order chi connectivity index (χ1) is 7.06. The summed E-state index contributed by atoms with van der Waals surface area (Å²) in [5.74, 6) is 0.290. The summed E-state index contributed by atoms with van der Waals surface area (Å²) in [6, 6.07) is 0. The van der Waals surface area contributed by atoms with Gasteiger partial charge in [0.25, 0.3) is 0 Å². The molecule has 0 aromatic rings. The zero-order chi connectivity index (χ0) is 12.7. The Kier molecular flexibility index (Phi) is 4.12. The van der Waals surface area contributed by atoms with Crippen molar-refractivity contribution in [1.29, 1.82) is 0 Å². The van der Waals surface area contributed by atoms with E-state index in [1.807, 2.05) is 6.92 Å². The summed E-state index contributed by atoms with van der Waals surface area (Å²) in [5, 5.41) is 0.206. The first-order valence-electron chi connectivity index (χ1n) is 5.71. The first kappa shape index (κ1) is 14.4. The fourth-order valence-electron chi connectivity index (χ4n) is 1.48. The van der Waals surface area contributed by atoms with E-state index in [0.29, 0.717) is 0 Å². The Hall–Kier alpha value is 0.377. The summed E-state index contributed by atoms with van der Waals surface area (Å²) >= 11 is 2.06. The Morgan fingerprint density at radius 2 is 2.00 bits per heavy atom. The summed E-state index contributed by atoms with van der Waals surface area (Å²) in [7, 11) is -1.74. The van der Waals surface area contributed by atoms with Crippen LogP contribution in [0.2, 0.25) is 18.1 Å². The molecule has 3 nitrogen and oxygen atoms in total. The molecule has 0 bridgehead atoms. The second-order valence-corrected chi connectivity index (χ2v) is 12.0. The Morgan fingerprint density at radius 3 is 2.31 bits per heavy atom. The van der Waals surface area contributed by atoms with E-state index in [1.54, 1.807) is 3.11 Å². The van der Waals surface area contributed by atoms with E-state index in [2.05, 4.69) is 56.7 Å². The van der Waals surface area contributed by atoms with Crippen LogP contribution in [0.3, 0.4) is 0 Å². The lowest BCUT2D eigenvalue weighted by atomic mass is 9.97. The molecular weight excluding hydrogens is 333 g/mol. The highest BCUT2D eigenvalue weighted by Crippen LogP contribution is 2.39. The van der Waals surface area contributed by atoms with Gasteiger partial charge in [0.05, 0.1) is 34.9 Å². The molecule has 1 saturated heterocycles. The van der Waals surface area contributed by atoms with Crippen LogP contribution in [0.1, 0.15) is 27.7 Å². The van der Waals surface area contributed by atoms with Crippen LogP contribution >= 0.6 is 22.9 Å². The minimum atomic E-state index is -1.74. The van der Waals surface area contributed by atoms with Gasteiger partial charge in [-0.25, -0.2) is 0 Å². The summed E-state index contributed by atoms with van der Waals surface area (Å²) in [4.78, 5) is 11.6. The number of hydrogen-bond donors (Lipinski definition) is 0. The summed E-state index contributed by atoms with van der Waals surface area (Å²) in [6.07, 6.45) is 0.0550. The number of carbonyl (C=O) groups excluding carboxylic acids is 1. The quantitative estimate of drug-likeness (QED) is 0.337. The highest BCUT2D eigenvalue weighted by molar-refractivity contribution is 14.1. The van der Waals surface area contributed by atoms with Crippen LogP contribution in [-0.4, -0.2) is 30.0 Å². The zero-order valence-corrected chi connectivity index (χ0v) is 14.2. The molecule has 5 heteroatoms. The monoisotopic (exact) mass is 355 g/mol. The predicted molar refractivity (Wildman–Crippen MR) is 77.0 cm³/mol. The van der Waals surface area contributed by atoms with Crippen molar-refractivity contribution in [2.45, 2.75) is 51.9 Å². The molecule has 0 unspecified atom stereocenters. The molecular formula is C11H22INO2Si. The molecule has 0 aromatic carbocycles. The largest absolute Gasteiger partial charge is 0.413 e. The van der Waals surface area contributed by atoms with Crippen LogP contribution in [0, 0.1) is 5.92 Å². The van der Waals surface area contributed by atoms with Crippen LogP contribution in [0.5, 0.6) is 0 Å². The summed E-state index contributed by atoms with van der Waals surface area (Å²) < 4.78 is 7.94. The number of hydrogen-bond acceptors (Lipinski definition) is 2. The third kappa shape index (κ3) is 2.79. The van der Waals surface area contributed by atoms with E-state index in [4.69, 9.17) is 4.43 Å². The van der Waals surface area contributed by atoms with Gasteiger partial charge in [0, 0.05) is 6.54 Å². The minimum absolute atomic E-state index is 0.0550. The van der Waals surface area contributed by atoms with Gasteiger partial charge in [0.15, 0.2) is 8.32 Å². The first-order valence-corrected chi connectivity index (χ1v) is 9.58. The summed E-state index contributed by atoms with van der Waals surface area (Å²) in [6.45, 7) is 14.0. The molecule has 1 fully saturated rings. The van der Waals surface area contributed by atoms with Crippen LogP contribution in [0.15, 0.2) is 0 Å². The van der Waals surface area contributed by atoms with E-state index >= 15 is 0 Å². The van der Waals surface area contributed by atoms with Gasteiger partial charge in [-0.3, -0.25) is 7.91 Å². The van der Waals surface area contributed by atoms with Crippen molar-refractivity contribution in [3.8, 4) is 0 Å². The van der Waals surface area contributed by atoms with Crippen molar-refractivity contribution >= 4 is 37.1 Å². The maximum absolute atomic E-state index is 11.6. The van der Waals surface area contributed by atoms with Crippen molar-refractivity contribution in [1.82, 2.24) is 3.11 Å². The Morgan fingerprint density at radius 1 is 1.50 bits per heavy atom. The Labute approximate surface area is 114 Å². The number of nitrogens with zero attached hydrogens (tertiary/aromatic N) is 1. The van der Waals surface area contributed by atoms with E-state index in [-0.39, 0.29) is 23.0 Å². The van der Waals surface area contributed by atoms with E-state index in [9.17, 15) is 4.79 Å². The standard InChI is InChI=1S/C11H22INO2Si/c1-8(9-7-13(12)10(9)14)15-16(5,6)11(2,3)4/h8-9H,7H2,1-6H3/t8-,9+/m1/s1. The van der Waals surface area contributed by atoms with Crippen LogP contribution in [-0.2, 0) is 9.22 Å². The number of amides is 1. The van der Waals surface area contributed by atoms with Gasteiger partial charge in [0.2, 0.25) is 5.91 Å². The number of rotatable bonds is 3. The van der Waals surface area contributed by atoms with Gasteiger partial charge in [-0.05, 0) is 25.1 Å². The smallest absolute Gasteiger partial charge is 0.238 e. The van der Waals surface area contributed by atoms with E-state index < -0.39 is 8.32 Å². The molecule has 1 aliphatic rings. The Balaban J connectivity index is 2.58. The van der Waals surface area contributed by atoms with Crippen molar-refractivity contribution in [2.24, 2.45) is 5.92 Å². The number of halogens is 1. The number of carbonyl (C=O) groups is 1. The van der Waals surface area contributed by atoms with Crippen LogP contribution < -0.4 is 0 Å². The van der Waals surface area contributed by atoms with Gasteiger partial charge in [-0.15, -0.1) is 0 Å². The average molecular weight is 355 g/mol. The third-order valence-corrected chi connectivity index (χ3v) is 9.21. The topological polar surface area (TPSA) is 29.5 Å². The SMILES string of the molecule is C[C@@H](O[Si](C)(C)C(C)(C)C)[C@@H]1CN(I)C1=O. The van der Waals surface area contributed by atoms with Gasteiger partial charge in [-0.1, -0.05) is 20.8 Å². The van der Waals surface area contributed by atoms with E-state index in [0.717, 1.165) is 6.54 Å². The van der Waals surface area contributed by atoms with Crippen LogP contribution in [0.4, 0.5) is 0 Å². The van der Waals surface area contributed by atoms with Crippen molar-refractivity contribution in [3.63, 3.8) is 0 Å². The van der Waals surface area contributed by atoms with Crippen LogP contribution in [0.25, 0.3) is 0 Å². The molecule has 1 amide bonds. The molecule has 94 valence electrons. The van der Waals surface area contributed by atoms with Crippen molar-refractivity contribution in [3.05, 3.63) is 0 Å². The highest BCUT2D eigenvalue weighted by Gasteiger charge is 2.45. The van der Waals surface area contributed by atoms with Crippen molar-refractivity contribution < 1.29 is 9.22 Å². The maximum atomic E-state index is 11.6. The maximum Gasteiger partial charge on any atom is 0.238 e. The molecule has 2 atom stereocenters. The molecule has 0 spiro atoms. The molecule has 1 heterocycles. The minimum Gasteiger partial charge on any atom is -0.413 e. The molecule has 16 heavy (non-hydrogen) atoms. The third-order valence-electron chi connectivity index (χ3n) is 3.77. The lowest BCUT2D eigenvalue weighted by Crippen LogP contribution is -2.55. The molecule has 0 radical (unpaired) electrons. The fraction of sp³-hybridized carbons (Fsp3) is 0.909. The Bertz CT molecular complexity index is 288. The normalized spacial score (nSPS) is 24.3. The molecule has 1 aliphatic heterocycles. The summed E-state index contributed by atoms with van der Waals surface area (Å²) in [5.41, 5.74) is 0. The second-order valence-electron chi connectivity index (χ2n) is 6.07. The zero-order valence-electron chi connectivity index (χ0n) is 11.0. The second kappa shape index (κ2) is 4.57.